The number of nitrogens with zero attached hydrogens (tertiary/aromatic N) is 1. The fourth-order valence-corrected chi connectivity index (χ4v) is 6.54. The van der Waals surface area contributed by atoms with E-state index in [2.05, 4.69) is 12.1 Å². The molecule has 4 heteroatoms. The second-order valence-corrected chi connectivity index (χ2v) is 10.1. The molecule has 0 saturated carbocycles. The molecule has 2 aromatic carbocycles. The van der Waals surface area contributed by atoms with Gasteiger partial charge in [-0.15, -0.1) is 0 Å². The van der Waals surface area contributed by atoms with E-state index < -0.39 is 7.29 Å². The molecule has 0 radical (unpaired) electrons. The first-order valence-electron chi connectivity index (χ1n) is 8.65. The van der Waals surface area contributed by atoms with Crippen LogP contribution in [0.4, 0.5) is 0 Å². The first-order valence-corrected chi connectivity index (χ1v) is 11.3. The molecule has 0 amide bonds. The first-order chi connectivity index (χ1) is 12.3. The van der Waals surface area contributed by atoms with Crippen LogP contribution >= 0.6 is 18.6 Å². The van der Waals surface area contributed by atoms with Crippen molar-refractivity contribution in [3.8, 4) is 0 Å². The van der Waals surface area contributed by atoms with E-state index in [1.54, 1.807) is 11.3 Å². The molecule has 0 spiro atoms. The van der Waals surface area contributed by atoms with E-state index in [4.69, 9.17) is 4.76 Å². The Bertz CT molecular complexity index is 923. The molecule has 1 heterocycles. The summed E-state index contributed by atoms with van der Waals surface area (Å²) in [6.45, 7) is 10.1. The fourth-order valence-electron chi connectivity index (χ4n) is 3.26. The maximum Gasteiger partial charge on any atom is 0.247 e. The molecule has 0 aliphatic heterocycles. The molecule has 0 fully saturated rings. The molecule has 3 rings (SSSR count). The topological polar surface area (TPSA) is 29.4 Å². The van der Waals surface area contributed by atoms with Gasteiger partial charge in [0, 0.05) is 21.9 Å². The van der Waals surface area contributed by atoms with Crippen molar-refractivity contribution in [2.75, 3.05) is 0 Å². The van der Waals surface area contributed by atoms with Gasteiger partial charge in [0.25, 0.3) is 0 Å². The van der Waals surface area contributed by atoms with Crippen LogP contribution in [0.25, 0.3) is 0 Å². The van der Waals surface area contributed by atoms with E-state index in [1.807, 2.05) is 75.7 Å². The van der Waals surface area contributed by atoms with Gasteiger partial charge in [-0.25, -0.2) is 4.76 Å². The fraction of sp³-hybridized carbons (Fsp3) is 0.227. The van der Waals surface area contributed by atoms with Crippen molar-refractivity contribution in [3.63, 3.8) is 0 Å². The monoisotopic (exact) mass is 381 g/mol. The van der Waals surface area contributed by atoms with Gasteiger partial charge in [-0.05, 0) is 75.7 Å². The minimum atomic E-state index is -3.14. The van der Waals surface area contributed by atoms with Crippen molar-refractivity contribution in [1.29, 1.82) is 0 Å². The molecule has 2 nitrogen and oxygen atoms in total. The third kappa shape index (κ3) is 3.90. The van der Waals surface area contributed by atoms with Gasteiger partial charge in [0.05, 0.1) is 0 Å². The molecule has 0 bridgehead atoms. The Morgan fingerprint density at radius 3 is 1.69 bits per heavy atom. The van der Waals surface area contributed by atoms with Gasteiger partial charge in [-0.3, -0.25) is 4.57 Å². The van der Waals surface area contributed by atoms with Crippen molar-refractivity contribution >= 4 is 35.0 Å². The van der Waals surface area contributed by atoms with Crippen molar-refractivity contribution in [2.24, 2.45) is 4.76 Å². The Morgan fingerprint density at radius 2 is 1.31 bits per heavy atom. The summed E-state index contributed by atoms with van der Waals surface area (Å²) < 4.78 is 19.2. The van der Waals surface area contributed by atoms with Gasteiger partial charge in [-0.1, -0.05) is 34.4 Å². The normalized spacial score (nSPS) is 12.4. The zero-order valence-corrected chi connectivity index (χ0v) is 17.6. The van der Waals surface area contributed by atoms with Gasteiger partial charge in [0.2, 0.25) is 7.29 Å². The smallest absolute Gasteiger partial charge is 0.247 e. The van der Waals surface area contributed by atoms with Gasteiger partial charge < -0.3 is 0 Å². The van der Waals surface area contributed by atoms with Crippen LogP contribution in [0.3, 0.4) is 0 Å². The lowest BCUT2D eigenvalue weighted by Crippen LogP contribution is -2.17. The van der Waals surface area contributed by atoms with Crippen LogP contribution in [-0.2, 0) is 4.57 Å². The van der Waals surface area contributed by atoms with Crippen molar-refractivity contribution in [3.05, 3.63) is 81.0 Å². The first kappa shape index (κ1) is 18.8. The molecule has 26 heavy (non-hydrogen) atoms. The van der Waals surface area contributed by atoms with Crippen molar-refractivity contribution < 1.29 is 4.57 Å². The van der Waals surface area contributed by atoms with Crippen LogP contribution in [0.5, 0.6) is 0 Å². The van der Waals surface area contributed by atoms with Gasteiger partial charge >= 0.3 is 0 Å². The molecule has 0 unspecified atom stereocenters. The van der Waals surface area contributed by atoms with E-state index in [-0.39, 0.29) is 0 Å². The minimum Gasteiger partial charge on any atom is -0.288 e. The molecule has 3 aromatic rings. The molecule has 0 aliphatic rings. The van der Waals surface area contributed by atoms with E-state index in [0.717, 1.165) is 44.1 Å². The summed E-state index contributed by atoms with van der Waals surface area (Å²) in [6.07, 6.45) is 0. The average molecular weight is 381 g/mol. The molecule has 0 aliphatic carbocycles. The summed E-state index contributed by atoms with van der Waals surface area (Å²) in [7, 11) is -3.14. The van der Waals surface area contributed by atoms with Crippen LogP contribution in [0.15, 0.2) is 58.0 Å². The lowest BCUT2D eigenvalue weighted by molar-refractivity contribution is 0.588. The lowest BCUT2D eigenvalue weighted by Gasteiger charge is -2.18. The second kappa shape index (κ2) is 7.34. The summed E-state index contributed by atoms with van der Waals surface area (Å²) in [4.78, 5) is 0. The maximum atomic E-state index is 14.3. The highest BCUT2D eigenvalue weighted by Crippen LogP contribution is 2.46. The zero-order chi connectivity index (χ0) is 18.9. The largest absolute Gasteiger partial charge is 0.288 e. The third-order valence-electron chi connectivity index (χ3n) is 4.34. The minimum absolute atomic E-state index is 0.801. The summed E-state index contributed by atoms with van der Waals surface area (Å²) in [6, 6.07) is 14.3. The molecule has 134 valence electrons. The van der Waals surface area contributed by atoms with Crippen LogP contribution in [0.1, 0.15) is 34.7 Å². The Kier molecular flexibility index (Phi) is 5.32. The van der Waals surface area contributed by atoms with E-state index in [0.29, 0.717) is 0 Å². The number of thiophene rings is 1. The second-order valence-electron chi connectivity index (χ2n) is 6.97. The van der Waals surface area contributed by atoms with Crippen LogP contribution < -0.4 is 10.6 Å². The van der Waals surface area contributed by atoms with Gasteiger partial charge in [-0.2, -0.15) is 11.3 Å². The molecule has 0 N–H and O–H groups in total. The predicted molar refractivity (Wildman–Crippen MR) is 115 cm³/mol. The number of rotatable bonds is 4. The Balaban J connectivity index is 2.28. The lowest BCUT2D eigenvalue weighted by atomic mass is 10.2. The number of benzene rings is 2. The summed E-state index contributed by atoms with van der Waals surface area (Å²) in [5, 5.41) is 5.67. The number of hydrogen-bond acceptors (Lipinski definition) is 2. The van der Waals surface area contributed by atoms with E-state index >= 15 is 0 Å². The molecular weight excluding hydrogens is 357 g/mol. The van der Waals surface area contributed by atoms with Gasteiger partial charge in [0.1, 0.15) is 0 Å². The highest BCUT2D eigenvalue weighted by Gasteiger charge is 2.28. The van der Waals surface area contributed by atoms with E-state index in [1.165, 1.54) is 0 Å². The summed E-state index contributed by atoms with van der Waals surface area (Å²) >= 11 is 1.62. The molecule has 0 atom stereocenters. The van der Waals surface area contributed by atoms with Crippen molar-refractivity contribution in [1.82, 2.24) is 0 Å². The predicted octanol–water partition coefficient (Wildman–Crippen LogP) is 5.72. The third-order valence-corrected chi connectivity index (χ3v) is 7.52. The molecule has 0 saturated heterocycles. The highest BCUT2D eigenvalue weighted by atomic mass is 32.1. The Hall–Kier alpha value is -1.96. The Labute approximate surface area is 160 Å². The van der Waals surface area contributed by atoms with Gasteiger partial charge in [0.15, 0.2) is 0 Å². The summed E-state index contributed by atoms with van der Waals surface area (Å²) in [5.41, 5.74) is 6.26. The quantitative estimate of drug-likeness (QED) is 0.420. The van der Waals surface area contributed by atoms with Crippen molar-refractivity contribution in [2.45, 2.75) is 34.6 Å². The maximum absolute atomic E-state index is 14.3. The van der Waals surface area contributed by atoms with E-state index in [9.17, 15) is 4.57 Å². The van der Waals surface area contributed by atoms with Crippen LogP contribution in [0, 0.1) is 27.7 Å². The zero-order valence-electron chi connectivity index (χ0n) is 15.9. The van der Waals surface area contributed by atoms with Crippen LogP contribution in [0.2, 0.25) is 0 Å². The molecular formula is C22H24NOPS. The number of hydrogen-bond donors (Lipinski definition) is 0. The molecule has 1 aromatic heterocycles. The standard InChI is InChI=1S/C22H24NOPS/c1-15-8-16(2)11-21(10-15)25(24,22-12-17(3)9-18(4)13-22)23-19(5)20-6-7-26-14-20/h6-14H,1-5H3/b23-19+. The van der Waals surface area contributed by atoms with Crippen LogP contribution in [-0.4, -0.2) is 5.71 Å². The number of aryl methyl sites for hydroxylation is 4. The Morgan fingerprint density at radius 1 is 0.846 bits per heavy atom. The summed E-state index contributed by atoms with van der Waals surface area (Å²) in [5.74, 6) is 0. The average Bonchev–Trinajstić information content (AvgIpc) is 3.07. The highest BCUT2D eigenvalue weighted by molar-refractivity contribution is 7.77. The SMILES string of the molecule is C/C(=N\P(=O)(c1cc(C)cc(C)c1)c1cc(C)cc(C)c1)c1ccsc1.